The van der Waals surface area contributed by atoms with E-state index in [0.717, 1.165) is 30.0 Å². The second-order valence-electron chi connectivity index (χ2n) is 6.67. The van der Waals surface area contributed by atoms with E-state index < -0.39 is 0 Å². The van der Waals surface area contributed by atoms with Crippen LogP contribution in [0.15, 0.2) is 0 Å². The van der Waals surface area contributed by atoms with Crippen molar-refractivity contribution in [3.63, 3.8) is 0 Å². The molecule has 0 nitrogen and oxygen atoms in total. The van der Waals surface area contributed by atoms with Gasteiger partial charge >= 0.3 is 0 Å². The van der Waals surface area contributed by atoms with Gasteiger partial charge in [0.25, 0.3) is 0 Å². The first-order chi connectivity index (χ1) is 7.39. The summed E-state index contributed by atoms with van der Waals surface area (Å²) < 4.78 is 0. The van der Waals surface area contributed by atoms with Crippen molar-refractivity contribution in [2.75, 3.05) is 0 Å². The molecule has 0 amide bonds. The van der Waals surface area contributed by atoms with Crippen molar-refractivity contribution in [1.82, 2.24) is 0 Å². The fourth-order valence-electron chi connectivity index (χ4n) is 3.68. The Kier molecular flexibility index (Phi) is 5.01. The molecule has 3 radical (unpaired) electrons. The standard InChI is InChI=1S/C14H27B2/c1-10-8-14(5,6-7-16-15)9-11(2)13(4)12(10)3/h10-13H,6-9H2,1-5H3/t10-,11?,12?,13?,14?/m1/s1. The maximum Gasteiger partial charge on any atom is 0.0545 e. The van der Waals surface area contributed by atoms with Crippen molar-refractivity contribution in [1.29, 1.82) is 0 Å². The quantitative estimate of drug-likeness (QED) is 0.496. The molecule has 0 aliphatic heterocycles. The average molecular weight is 217 g/mol. The summed E-state index contributed by atoms with van der Waals surface area (Å²) in [6.07, 6.45) is 5.07. The van der Waals surface area contributed by atoms with Gasteiger partial charge in [-0.25, -0.2) is 0 Å². The lowest BCUT2D eigenvalue weighted by atomic mass is 9.51. The predicted molar refractivity (Wildman–Crippen MR) is 74.9 cm³/mol. The molecular formula is C14H27B2. The SMILES string of the molecule is [B][B]CCC1(C)CC(C)C(C)C(C)[C@H](C)C1. The summed E-state index contributed by atoms with van der Waals surface area (Å²) in [5.41, 5.74) is 0.508. The smallest absolute Gasteiger partial charge is 0.0545 e. The van der Waals surface area contributed by atoms with Crippen molar-refractivity contribution >= 4 is 14.9 Å². The summed E-state index contributed by atoms with van der Waals surface area (Å²) in [4.78, 5) is 0. The van der Waals surface area contributed by atoms with E-state index in [9.17, 15) is 0 Å². The van der Waals surface area contributed by atoms with Gasteiger partial charge in [-0.2, -0.15) is 0 Å². The Morgan fingerprint density at radius 3 is 1.88 bits per heavy atom. The molecule has 0 bridgehead atoms. The normalized spacial score (nSPS) is 45.1. The highest BCUT2D eigenvalue weighted by molar-refractivity contribution is 6.89. The number of rotatable bonds is 3. The largest absolute Gasteiger partial charge is 0.0890 e. The Morgan fingerprint density at radius 1 is 1.06 bits per heavy atom. The predicted octanol–water partition coefficient (Wildman–Crippen LogP) is 3.93. The van der Waals surface area contributed by atoms with Crippen LogP contribution in [-0.4, -0.2) is 14.9 Å². The minimum atomic E-state index is 0.508. The van der Waals surface area contributed by atoms with Crippen LogP contribution in [-0.2, 0) is 0 Å². The Morgan fingerprint density at radius 2 is 1.50 bits per heavy atom. The molecule has 1 rings (SSSR count). The van der Waals surface area contributed by atoms with Gasteiger partial charge < -0.3 is 0 Å². The molecule has 1 aliphatic rings. The van der Waals surface area contributed by atoms with Gasteiger partial charge in [-0.15, -0.1) is 0 Å². The second kappa shape index (κ2) is 5.65. The second-order valence-corrected chi connectivity index (χ2v) is 6.67. The van der Waals surface area contributed by atoms with E-state index in [4.69, 9.17) is 7.74 Å². The minimum absolute atomic E-state index is 0.508. The molecule has 0 saturated heterocycles. The first-order valence-electron chi connectivity index (χ1n) is 6.93. The highest BCUT2D eigenvalue weighted by Crippen LogP contribution is 2.47. The van der Waals surface area contributed by atoms with Gasteiger partial charge in [-0.1, -0.05) is 47.4 Å². The van der Waals surface area contributed by atoms with Crippen molar-refractivity contribution < 1.29 is 0 Å². The molecule has 0 aromatic carbocycles. The maximum atomic E-state index is 5.54. The van der Waals surface area contributed by atoms with E-state index >= 15 is 0 Å². The van der Waals surface area contributed by atoms with Crippen LogP contribution in [0.3, 0.4) is 0 Å². The van der Waals surface area contributed by atoms with Crippen LogP contribution in [0.2, 0.25) is 6.32 Å². The first-order valence-corrected chi connectivity index (χ1v) is 6.93. The Labute approximate surface area is 105 Å². The summed E-state index contributed by atoms with van der Waals surface area (Å²) in [5.74, 6) is 3.42. The Hall–Kier alpha value is 0.130. The molecule has 89 valence electrons. The van der Waals surface area contributed by atoms with Gasteiger partial charge in [0.2, 0.25) is 0 Å². The Bertz CT molecular complexity index is 199. The van der Waals surface area contributed by atoms with Crippen LogP contribution in [0, 0.1) is 29.1 Å². The van der Waals surface area contributed by atoms with E-state index in [0.29, 0.717) is 5.41 Å². The van der Waals surface area contributed by atoms with Gasteiger partial charge in [0, 0.05) is 7.74 Å². The van der Waals surface area contributed by atoms with Crippen molar-refractivity contribution in [2.45, 2.75) is 60.2 Å². The molecule has 1 saturated carbocycles. The number of hydrogen-bond acceptors (Lipinski definition) is 0. The molecule has 0 aromatic rings. The third kappa shape index (κ3) is 3.31. The van der Waals surface area contributed by atoms with Crippen molar-refractivity contribution in [3.8, 4) is 0 Å². The molecular weight excluding hydrogens is 190 g/mol. The van der Waals surface area contributed by atoms with Crippen LogP contribution >= 0.6 is 0 Å². The van der Waals surface area contributed by atoms with E-state index in [1.165, 1.54) is 19.3 Å². The monoisotopic (exact) mass is 217 g/mol. The van der Waals surface area contributed by atoms with Gasteiger partial charge in [0.1, 0.15) is 0 Å². The lowest BCUT2D eigenvalue weighted by Crippen LogP contribution is -2.21. The molecule has 16 heavy (non-hydrogen) atoms. The molecule has 0 aromatic heterocycles. The van der Waals surface area contributed by atoms with Crippen LogP contribution in [0.4, 0.5) is 0 Å². The fraction of sp³-hybridized carbons (Fsp3) is 1.00. The van der Waals surface area contributed by atoms with Gasteiger partial charge in [0.05, 0.1) is 7.17 Å². The topological polar surface area (TPSA) is 0 Å². The summed E-state index contributed by atoms with van der Waals surface area (Å²) in [7, 11) is 7.37. The lowest BCUT2D eigenvalue weighted by Gasteiger charge is -2.32. The first kappa shape index (κ1) is 14.2. The van der Waals surface area contributed by atoms with Crippen molar-refractivity contribution in [2.24, 2.45) is 29.1 Å². The van der Waals surface area contributed by atoms with Crippen LogP contribution in [0.1, 0.15) is 53.9 Å². The molecule has 0 N–H and O–H groups in total. The zero-order chi connectivity index (χ0) is 12.3. The zero-order valence-electron chi connectivity index (χ0n) is 11.8. The maximum absolute atomic E-state index is 5.54. The molecule has 1 fully saturated rings. The molecule has 1 aliphatic carbocycles. The Balaban J connectivity index is 2.73. The highest BCUT2D eigenvalue weighted by atomic mass is 14.4. The molecule has 0 spiro atoms. The summed E-state index contributed by atoms with van der Waals surface area (Å²) in [6, 6.07) is 0. The van der Waals surface area contributed by atoms with Gasteiger partial charge in [-0.05, 0) is 41.9 Å². The third-order valence-electron chi connectivity index (χ3n) is 5.17. The van der Waals surface area contributed by atoms with Crippen LogP contribution < -0.4 is 0 Å². The minimum Gasteiger partial charge on any atom is -0.0890 e. The molecule has 4 unspecified atom stereocenters. The molecule has 2 heteroatoms. The van der Waals surface area contributed by atoms with E-state index in [1.54, 1.807) is 0 Å². The molecule has 5 atom stereocenters. The van der Waals surface area contributed by atoms with Crippen LogP contribution in [0.5, 0.6) is 0 Å². The van der Waals surface area contributed by atoms with Gasteiger partial charge in [-0.3, -0.25) is 0 Å². The van der Waals surface area contributed by atoms with E-state index in [2.05, 4.69) is 34.6 Å². The highest BCUT2D eigenvalue weighted by Gasteiger charge is 2.37. The van der Waals surface area contributed by atoms with E-state index in [-0.39, 0.29) is 0 Å². The summed E-state index contributed by atoms with van der Waals surface area (Å²) in [6.45, 7) is 12.2. The van der Waals surface area contributed by atoms with E-state index in [1.807, 2.05) is 7.17 Å². The average Bonchev–Trinajstić information content (AvgIpc) is 2.29. The zero-order valence-corrected chi connectivity index (χ0v) is 11.8. The molecule has 0 heterocycles. The van der Waals surface area contributed by atoms with Crippen LogP contribution in [0.25, 0.3) is 0 Å². The van der Waals surface area contributed by atoms with Crippen molar-refractivity contribution in [3.05, 3.63) is 0 Å². The number of hydrogen-bond donors (Lipinski definition) is 0. The lowest BCUT2D eigenvalue weighted by molar-refractivity contribution is 0.209. The van der Waals surface area contributed by atoms with Gasteiger partial charge in [0.15, 0.2) is 0 Å². The summed E-state index contributed by atoms with van der Waals surface area (Å²) >= 11 is 0. The third-order valence-corrected chi connectivity index (χ3v) is 5.17. The fourth-order valence-corrected chi connectivity index (χ4v) is 3.68. The summed E-state index contributed by atoms with van der Waals surface area (Å²) in [5, 5.41) is 0.